The largest absolute Gasteiger partial charge is 0.415 e. The molecule has 1 aliphatic rings. The third-order valence-corrected chi connectivity index (χ3v) is 9.07. The lowest BCUT2D eigenvalue weighted by Gasteiger charge is -2.37. The molecule has 1 atom stereocenters. The van der Waals surface area contributed by atoms with Gasteiger partial charge >= 0.3 is 10.3 Å². The summed E-state index contributed by atoms with van der Waals surface area (Å²) in [5.74, 6) is 0. The molecule has 1 heterocycles. The second-order valence-electron chi connectivity index (χ2n) is 5.95. The van der Waals surface area contributed by atoms with Crippen molar-refractivity contribution in [2.45, 2.75) is 51.4 Å². The molecule has 1 aliphatic heterocycles. The number of rotatable bonds is 3. The molecule has 0 aromatic rings. The molecule has 0 aliphatic carbocycles. The quantitative estimate of drug-likeness (QED) is 0.799. The van der Waals surface area contributed by atoms with Crippen LogP contribution in [-0.4, -0.2) is 36.0 Å². The van der Waals surface area contributed by atoms with Crippen molar-refractivity contribution in [2.24, 2.45) is 0 Å². The van der Waals surface area contributed by atoms with Crippen LogP contribution in [0.1, 0.15) is 27.2 Å². The first kappa shape index (κ1) is 15.1. The molecule has 1 rings (SSSR count). The first-order chi connectivity index (χ1) is 7.54. The molecule has 0 amide bonds. The summed E-state index contributed by atoms with van der Waals surface area (Å²) >= 11 is 0. The third kappa shape index (κ3) is 4.33. The van der Waals surface area contributed by atoms with Crippen molar-refractivity contribution in [3.63, 3.8) is 0 Å². The maximum atomic E-state index is 11.2. The number of hydrogen-bond acceptors (Lipinski definition) is 4. The zero-order valence-electron chi connectivity index (χ0n) is 11.2. The third-order valence-electron chi connectivity index (χ3n) is 3.47. The average molecular weight is 281 g/mol. The van der Waals surface area contributed by atoms with Gasteiger partial charge in [0.15, 0.2) is 8.32 Å². The molecule has 0 saturated carbocycles. The van der Waals surface area contributed by atoms with Gasteiger partial charge in [-0.3, -0.25) is 4.18 Å². The summed E-state index contributed by atoms with van der Waals surface area (Å²) in [6, 6.07) is -0.164. The minimum absolute atomic E-state index is 0.136. The van der Waals surface area contributed by atoms with Gasteiger partial charge in [-0.05, 0) is 24.6 Å². The van der Waals surface area contributed by atoms with E-state index >= 15 is 0 Å². The zero-order valence-corrected chi connectivity index (χ0v) is 13.1. The predicted molar refractivity (Wildman–Crippen MR) is 69.6 cm³/mol. The van der Waals surface area contributed by atoms with E-state index in [2.05, 4.69) is 42.8 Å². The molecular weight excluding hydrogens is 258 g/mol. The normalized spacial score (nSPS) is 25.8. The molecule has 0 radical (unpaired) electrons. The van der Waals surface area contributed by atoms with Crippen LogP contribution in [0.3, 0.4) is 0 Å². The molecule has 1 saturated heterocycles. The number of nitrogens with one attached hydrogen (secondary N) is 1. The van der Waals surface area contributed by atoms with Gasteiger partial charge in [-0.15, -0.1) is 0 Å². The first-order valence-electron chi connectivity index (χ1n) is 5.84. The Morgan fingerprint density at radius 2 is 2.00 bits per heavy atom. The van der Waals surface area contributed by atoms with Gasteiger partial charge in [-0.25, -0.2) is 0 Å². The molecule has 1 N–H and O–H groups in total. The SMILES string of the molecule is CC(C)(C)[Si](C)(C)OCC1CCOS(=O)(=O)N1. The Kier molecular flexibility index (Phi) is 4.41. The second kappa shape index (κ2) is 4.97. The van der Waals surface area contributed by atoms with E-state index in [0.717, 1.165) is 0 Å². The summed E-state index contributed by atoms with van der Waals surface area (Å²) in [4.78, 5) is 0. The highest BCUT2D eigenvalue weighted by molar-refractivity contribution is 7.84. The molecule has 0 spiro atoms. The highest BCUT2D eigenvalue weighted by Crippen LogP contribution is 2.36. The Morgan fingerprint density at radius 1 is 1.41 bits per heavy atom. The maximum absolute atomic E-state index is 11.2. The lowest BCUT2D eigenvalue weighted by atomic mass is 10.2. The smallest absolute Gasteiger partial charge is 0.336 e. The fourth-order valence-electron chi connectivity index (χ4n) is 1.24. The summed E-state index contributed by atoms with van der Waals surface area (Å²) in [5.41, 5.74) is 0. The van der Waals surface area contributed by atoms with E-state index in [1.165, 1.54) is 0 Å². The van der Waals surface area contributed by atoms with Crippen molar-refractivity contribution in [1.29, 1.82) is 0 Å². The topological polar surface area (TPSA) is 64.6 Å². The molecule has 17 heavy (non-hydrogen) atoms. The summed E-state index contributed by atoms with van der Waals surface area (Å²) in [6.07, 6.45) is 0.661. The van der Waals surface area contributed by atoms with Crippen LogP contribution in [0, 0.1) is 0 Å². The van der Waals surface area contributed by atoms with Crippen molar-refractivity contribution in [2.75, 3.05) is 13.2 Å². The van der Waals surface area contributed by atoms with Crippen LogP contribution < -0.4 is 4.72 Å². The standard InChI is InChI=1S/C10H23NO4SSi/c1-10(2,3)17(4,5)15-8-9-6-7-14-16(12,13)11-9/h9,11H,6-8H2,1-5H3. The van der Waals surface area contributed by atoms with Gasteiger partial charge in [0.25, 0.3) is 0 Å². The molecular formula is C10H23NO4SSi. The van der Waals surface area contributed by atoms with Crippen LogP contribution >= 0.6 is 0 Å². The first-order valence-corrected chi connectivity index (χ1v) is 10.2. The van der Waals surface area contributed by atoms with Crippen LogP contribution in [0.4, 0.5) is 0 Å². The zero-order chi connectivity index (χ0) is 13.3. The summed E-state index contributed by atoms with van der Waals surface area (Å²) < 4.78 is 35.5. The van der Waals surface area contributed by atoms with Gasteiger partial charge < -0.3 is 4.43 Å². The van der Waals surface area contributed by atoms with Crippen molar-refractivity contribution in [3.05, 3.63) is 0 Å². The lowest BCUT2D eigenvalue weighted by molar-refractivity contribution is 0.197. The molecule has 102 valence electrons. The molecule has 5 nitrogen and oxygen atoms in total. The van der Waals surface area contributed by atoms with Crippen molar-refractivity contribution >= 4 is 18.6 Å². The lowest BCUT2D eigenvalue weighted by Crippen LogP contribution is -2.48. The van der Waals surface area contributed by atoms with Gasteiger partial charge in [-0.2, -0.15) is 13.1 Å². The molecule has 0 aromatic carbocycles. The van der Waals surface area contributed by atoms with Gasteiger partial charge in [0, 0.05) is 6.04 Å². The van der Waals surface area contributed by atoms with Gasteiger partial charge in [-0.1, -0.05) is 20.8 Å². The molecule has 7 heteroatoms. The van der Waals surface area contributed by atoms with E-state index < -0.39 is 18.6 Å². The second-order valence-corrected chi connectivity index (χ2v) is 12.1. The van der Waals surface area contributed by atoms with Crippen LogP contribution in [0.5, 0.6) is 0 Å². The number of hydrogen-bond donors (Lipinski definition) is 1. The Morgan fingerprint density at radius 3 is 2.47 bits per heavy atom. The highest BCUT2D eigenvalue weighted by atomic mass is 32.2. The summed E-state index contributed by atoms with van der Waals surface area (Å²) in [7, 11) is -5.36. The van der Waals surface area contributed by atoms with Gasteiger partial charge in [0.1, 0.15) is 0 Å². The summed E-state index contributed by atoms with van der Waals surface area (Å²) in [5, 5.41) is 0.136. The predicted octanol–water partition coefficient (Wildman–Crippen LogP) is 1.63. The molecule has 0 bridgehead atoms. The minimum Gasteiger partial charge on any atom is -0.415 e. The van der Waals surface area contributed by atoms with Crippen molar-refractivity contribution < 1.29 is 17.0 Å². The molecule has 1 unspecified atom stereocenters. The van der Waals surface area contributed by atoms with Crippen molar-refractivity contribution in [1.82, 2.24) is 4.72 Å². The Bertz CT molecular complexity index is 361. The van der Waals surface area contributed by atoms with E-state index in [4.69, 9.17) is 4.43 Å². The Hall–Kier alpha value is 0.0469. The molecule has 1 fully saturated rings. The molecule has 0 aromatic heterocycles. The highest BCUT2D eigenvalue weighted by Gasteiger charge is 2.38. The van der Waals surface area contributed by atoms with Crippen molar-refractivity contribution in [3.8, 4) is 0 Å². The van der Waals surface area contributed by atoms with Crippen LogP contribution in [0.25, 0.3) is 0 Å². The van der Waals surface area contributed by atoms with Crippen LogP contribution in [0.2, 0.25) is 18.1 Å². The van der Waals surface area contributed by atoms with E-state index in [9.17, 15) is 8.42 Å². The Labute approximate surface area is 105 Å². The van der Waals surface area contributed by atoms with Crippen LogP contribution in [-0.2, 0) is 18.9 Å². The monoisotopic (exact) mass is 281 g/mol. The maximum Gasteiger partial charge on any atom is 0.336 e. The average Bonchev–Trinajstić information content (AvgIpc) is 2.11. The fraction of sp³-hybridized carbons (Fsp3) is 1.00. The van der Waals surface area contributed by atoms with Gasteiger partial charge in [0.05, 0.1) is 13.2 Å². The fourth-order valence-corrected chi connectivity index (χ4v) is 3.27. The van der Waals surface area contributed by atoms with Gasteiger partial charge in [0.2, 0.25) is 0 Å². The minimum atomic E-state index is -3.55. The van der Waals surface area contributed by atoms with Crippen LogP contribution in [0.15, 0.2) is 0 Å². The van der Waals surface area contributed by atoms with E-state index in [-0.39, 0.29) is 17.7 Å². The Balaban J connectivity index is 2.52. The van der Waals surface area contributed by atoms with E-state index in [0.29, 0.717) is 13.0 Å². The summed E-state index contributed by atoms with van der Waals surface area (Å²) in [6.45, 7) is 11.5. The van der Waals surface area contributed by atoms with E-state index in [1.807, 2.05) is 0 Å². The van der Waals surface area contributed by atoms with E-state index in [1.54, 1.807) is 0 Å².